The van der Waals surface area contributed by atoms with Crippen LogP contribution in [0.2, 0.25) is 0 Å². The molecule has 0 unspecified atom stereocenters. The van der Waals surface area contributed by atoms with Gasteiger partial charge >= 0.3 is 0 Å². The SMILES string of the molecule is CCCCC(=O)NCc1cn(-c2ccccc2)nc1-c1ccccc1. The van der Waals surface area contributed by atoms with Gasteiger partial charge in [0.25, 0.3) is 0 Å². The number of rotatable bonds is 7. The first-order valence-electron chi connectivity index (χ1n) is 8.74. The molecule has 0 aliphatic carbocycles. The van der Waals surface area contributed by atoms with Crippen LogP contribution in [0.1, 0.15) is 31.7 Å². The van der Waals surface area contributed by atoms with E-state index in [1.807, 2.05) is 71.5 Å². The second-order valence-corrected chi connectivity index (χ2v) is 6.03. The maximum atomic E-state index is 12.0. The summed E-state index contributed by atoms with van der Waals surface area (Å²) in [6, 6.07) is 20.1. The van der Waals surface area contributed by atoms with Gasteiger partial charge in [-0.05, 0) is 18.6 Å². The molecular weight excluding hydrogens is 310 g/mol. The van der Waals surface area contributed by atoms with E-state index in [0.29, 0.717) is 13.0 Å². The van der Waals surface area contributed by atoms with E-state index < -0.39 is 0 Å². The first-order valence-corrected chi connectivity index (χ1v) is 8.74. The zero-order valence-electron chi connectivity index (χ0n) is 14.5. The number of hydrogen-bond donors (Lipinski definition) is 1. The van der Waals surface area contributed by atoms with Crippen LogP contribution in [0.15, 0.2) is 66.9 Å². The highest BCUT2D eigenvalue weighted by Gasteiger charge is 2.13. The Hall–Kier alpha value is -2.88. The minimum atomic E-state index is 0.0910. The third kappa shape index (κ3) is 4.35. The number of unbranched alkanes of at least 4 members (excludes halogenated alkanes) is 1. The van der Waals surface area contributed by atoms with Crippen molar-refractivity contribution in [3.05, 3.63) is 72.4 Å². The lowest BCUT2D eigenvalue weighted by Crippen LogP contribution is -2.22. The first-order chi connectivity index (χ1) is 12.3. The summed E-state index contributed by atoms with van der Waals surface area (Å²) < 4.78 is 1.87. The molecule has 4 nitrogen and oxygen atoms in total. The van der Waals surface area contributed by atoms with E-state index >= 15 is 0 Å². The predicted molar refractivity (Wildman–Crippen MR) is 100 cm³/mol. The van der Waals surface area contributed by atoms with Crippen molar-refractivity contribution in [2.75, 3.05) is 0 Å². The van der Waals surface area contributed by atoms with Gasteiger partial charge in [-0.25, -0.2) is 4.68 Å². The molecule has 0 aliphatic heterocycles. The Morgan fingerprint density at radius 3 is 2.40 bits per heavy atom. The summed E-state index contributed by atoms with van der Waals surface area (Å²) in [7, 11) is 0. The number of carbonyl (C=O) groups is 1. The molecule has 0 bridgehead atoms. The molecule has 0 saturated carbocycles. The number of para-hydroxylation sites is 1. The highest BCUT2D eigenvalue weighted by molar-refractivity contribution is 5.76. The standard InChI is InChI=1S/C21H23N3O/c1-2-3-14-20(25)22-15-18-16-24(19-12-8-5-9-13-19)23-21(18)17-10-6-4-7-11-17/h4-13,16H,2-3,14-15H2,1H3,(H,22,25). The summed E-state index contributed by atoms with van der Waals surface area (Å²) in [5.74, 6) is 0.0910. The van der Waals surface area contributed by atoms with Crippen LogP contribution in [0.4, 0.5) is 0 Å². The summed E-state index contributed by atoms with van der Waals surface area (Å²) in [4.78, 5) is 12.0. The van der Waals surface area contributed by atoms with Crippen LogP contribution in [0, 0.1) is 0 Å². The fraction of sp³-hybridized carbons (Fsp3) is 0.238. The van der Waals surface area contributed by atoms with Gasteiger partial charge in [-0.1, -0.05) is 61.9 Å². The third-order valence-electron chi connectivity index (χ3n) is 4.09. The average Bonchev–Trinajstić information content (AvgIpc) is 3.10. The zero-order chi connectivity index (χ0) is 17.5. The van der Waals surface area contributed by atoms with Crippen LogP contribution < -0.4 is 5.32 Å². The number of aromatic nitrogens is 2. The zero-order valence-corrected chi connectivity index (χ0v) is 14.5. The first kappa shape index (κ1) is 17.0. The number of amides is 1. The topological polar surface area (TPSA) is 46.9 Å². The number of nitrogens with zero attached hydrogens (tertiary/aromatic N) is 2. The molecule has 0 fully saturated rings. The molecule has 0 saturated heterocycles. The molecule has 3 aromatic rings. The molecule has 0 spiro atoms. The summed E-state index contributed by atoms with van der Waals surface area (Å²) in [6.45, 7) is 2.57. The smallest absolute Gasteiger partial charge is 0.220 e. The van der Waals surface area contributed by atoms with Gasteiger partial charge in [0, 0.05) is 30.3 Å². The van der Waals surface area contributed by atoms with Crippen LogP contribution in [-0.4, -0.2) is 15.7 Å². The highest BCUT2D eigenvalue weighted by Crippen LogP contribution is 2.23. The second kappa shape index (κ2) is 8.29. The summed E-state index contributed by atoms with van der Waals surface area (Å²) in [5, 5.41) is 7.77. The Morgan fingerprint density at radius 2 is 1.72 bits per heavy atom. The Bertz CT molecular complexity index is 810. The molecule has 128 valence electrons. The fourth-order valence-electron chi connectivity index (χ4n) is 2.71. The minimum Gasteiger partial charge on any atom is -0.352 e. The molecule has 0 atom stereocenters. The van der Waals surface area contributed by atoms with Crippen molar-refractivity contribution in [1.82, 2.24) is 15.1 Å². The lowest BCUT2D eigenvalue weighted by atomic mass is 10.1. The van der Waals surface area contributed by atoms with Gasteiger partial charge in [0.05, 0.1) is 11.4 Å². The van der Waals surface area contributed by atoms with E-state index in [1.54, 1.807) is 0 Å². The molecule has 1 amide bonds. The van der Waals surface area contributed by atoms with Crippen LogP contribution in [-0.2, 0) is 11.3 Å². The van der Waals surface area contributed by atoms with Crippen molar-refractivity contribution in [3.8, 4) is 16.9 Å². The van der Waals surface area contributed by atoms with E-state index in [9.17, 15) is 4.79 Å². The van der Waals surface area contributed by atoms with Crippen molar-refractivity contribution in [1.29, 1.82) is 0 Å². The fourth-order valence-corrected chi connectivity index (χ4v) is 2.71. The molecule has 1 N–H and O–H groups in total. The molecule has 0 aliphatic rings. The summed E-state index contributed by atoms with van der Waals surface area (Å²) in [5.41, 5.74) is 3.97. The Balaban J connectivity index is 1.87. The summed E-state index contributed by atoms with van der Waals surface area (Å²) in [6.07, 6.45) is 4.51. The lowest BCUT2D eigenvalue weighted by molar-refractivity contribution is -0.121. The number of benzene rings is 2. The largest absolute Gasteiger partial charge is 0.352 e. The van der Waals surface area contributed by atoms with Crippen molar-refractivity contribution in [2.45, 2.75) is 32.7 Å². The van der Waals surface area contributed by atoms with Crippen molar-refractivity contribution in [3.63, 3.8) is 0 Å². The Kier molecular flexibility index (Phi) is 5.62. The van der Waals surface area contributed by atoms with Crippen molar-refractivity contribution < 1.29 is 4.79 Å². The lowest BCUT2D eigenvalue weighted by Gasteiger charge is -2.05. The van der Waals surface area contributed by atoms with E-state index in [0.717, 1.165) is 35.3 Å². The molecular formula is C21H23N3O. The highest BCUT2D eigenvalue weighted by atomic mass is 16.1. The minimum absolute atomic E-state index is 0.0910. The normalized spacial score (nSPS) is 10.6. The van der Waals surface area contributed by atoms with Crippen molar-refractivity contribution in [2.24, 2.45) is 0 Å². The van der Waals surface area contributed by atoms with Crippen LogP contribution in [0.25, 0.3) is 16.9 Å². The van der Waals surface area contributed by atoms with Gasteiger partial charge < -0.3 is 5.32 Å². The van der Waals surface area contributed by atoms with Crippen LogP contribution in [0.3, 0.4) is 0 Å². The molecule has 3 rings (SSSR count). The average molecular weight is 333 g/mol. The molecule has 4 heteroatoms. The molecule has 1 heterocycles. The number of nitrogens with one attached hydrogen (secondary N) is 1. The van der Waals surface area contributed by atoms with E-state index in [2.05, 4.69) is 12.2 Å². The number of carbonyl (C=O) groups excluding carboxylic acids is 1. The van der Waals surface area contributed by atoms with E-state index in [-0.39, 0.29) is 5.91 Å². The maximum Gasteiger partial charge on any atom is 0.220 e. The third-order valence-corrected chi connectivity index (χ3v) is 4.09. The van der Waals surface area contributed by atoms with Crippen LogP contribution >= 0.6 is 0 Å². The monoisotopic (exact) mass is 333 g/mol. The molecule has 0 radical (unpaired) electrons. The molecule has 1 aromatic heterocycles. The Labute approximate surface area is 148 Å². The van der Waals surface area contributed by atoms with Crippen molar-refractivity contribution >= 4 is 5.91 Å². The van der Waals surface area contributed by atoms with Gasteiger partial charge in [0.15, 0.2) is 0 Å². The molecule has 2 aromatic carbocycles. The van der Waals surface area contributed by atoms with Gasteiger partial charge in [0.1, 0.15) is 0 Å². The second-order valence-electron chi connectivity index (χ2n) is 6.03. The van der Waals surface area contributed by atoms with Gasteiger partial charge in [-0.15, -0.1) is 0 Å². The number of hydrogen-bond acceptors (Lipinski definition) is 2. The quantitative estimate of drug-likeness (QED) is 0.699. The van der Waals surface area contributed by atoms with E-state index in [4.69, 9.17) is 5.10 Å². The summed E-state index contributed by atoms with van der Waals surface area (Å²) >= 11 is 0. The van der Waals surface area contributed by atoms with Gasteiger partial charge in [0.2, 0.25) is 5.91 Å². The molecule has 25 heavy (non-hydrogen) atoms. The van der Waals surface area contributed by atoms with Crippen LogP contribution in [0.5, 0.6) is 0 Å². The maximum absolute atomic E-state index is 12.0. The van der Waals surface area contributed by atoms with Gasteiger partial charge in [-0.2, -0.15) is 5.10 Å². The Morgan fingerprint density at radius 1 is 1.04 bits per heavy atom. The van der Waals surface area contributed by atoms with E-state index in [1.165, 1.54) is 0 Å². The van der Waals surface area contributed by atoms with Gasteiger partial charge in [-0.3, -0.25) is 4.79 Å². The predicted octanol–water partition coefficient (Wildman–Crippen LogP) is 4.35.